The molecule has 8 heteroatoms. The number of aromatic nitrogens is 3. The van der Waals surface area contributed by atoms with Crippen LogP contribution < -0.4 is 16.0 Å². The van der Waals surface area contributed by atoms with Crippen LogP contribution in [0.15, 0.2) is 87.8 Å². The maximum Gasteiger partial charge on any atom is 2.00 e. The van der Waals surface area contributed by atoms with Gasteiger partial charge in [-0.25, -0.2) is 15.0 Å². The Kier molecular flexibility index (Phi) is 4.42. The van der Waals surface area contributed by atoms with Gasteiger partial charge in [0, 0.05) is 10.8 Å². The summed E-state index contributed by atoms with van der Waals surface area (Å²) in [6.07, 6.45) is 0. The number of aliphatic imine (C=N–C) groups is 1. The molecule has 3 N–H and O–H groups in total. The van der Waals surface area contributed by atoms with E-state index in [-0.39, 0.29) is 16.8 Å². The van der Waals surface area contributed by atoms with Crippen molar-refractivity contribution in [3.8, 4) is 0 Å². The molecule has 0 aliphatic carbocycles. The zero-order chi connectivity index (χ0) is 19.2. The number of rotatable bonds is 3. The quantitative estimate of drug-likeness (QED) is 0.402. The van der Waals surface area contributed by atoms with E-state index in [0.717, 1.165) is 38.3 Å². The van der Waals surface area contributed by atoms with Crippen molar-refractivity contribution in [2.24, 2.45) is 15.0 Å². The molecule has 1 aliphatic heterocycles. The van der Waals surface area contributed by atoms with Crippen molar-refractivity contribution in [1.29, 1.82) is 0 Å². The summed E-state index contributed by atoms with van der Waals surface area (Å²) in [7, 11) is 0. The first kappa shape index (κ1) is 18.3. The summed E-state index contributed by atoms with van der Waals surface area (Å²) in [6, 6.07) is 23.7. The van der Waals surface area contributed by atoms with Crippen LogP contribution in [-0.4, -0.2) is 20.9 Å². The van der Waals surface area contributed by atoms with E-state index >= 15 is 0 Å². The van der Waals surface area contributed by atoms with Gasteiger partial charge >= 0.3 is 16.8 Å². The third-order valence-corrected chi connectivity index (χ3v) is 4.86. The minimum absolute atomic E-state index is 0. The van der Waals surface area contributed by atoms with Gasteiger partial charge in [-0.1, -0.05) is 48.5 Å². The van der Waals surface area contributed by atoms with Gasteiger partial charge in [0.15, 0.2) is 0 Å². The first-order valence-electron chi connectivity index (χ1n) is 9.27. The molecular formula is C22H15CoN7+2. The van der Waals surface area contributed by atoms with Gasteiger partial charge in [-0.2, -0.15) is 4.99 Å². The first-order valence-corrected chi connectivity index (χ1v) is 9.27. The molecule has 5 aromatic rings. The number of anilines is 2. The summed E-state index contributed by atoms with van der Waals surface area (Å²) in [6.45, 7) is 0. The predicted molar refractivity (Wildman–Crippen MR) is 114 cm³/mol. The van der Waals surface area contributed by atoms with Gasteiger partial charge in [-0.3, -0.25) is 0 Å². The van der Waals surface area contributed by atoms with Crippen LogP contribution in [0.4, 0.5) is 17.6 Å². The minimum atomic E-state index is 0. The molecule has 0 fully saturated rings. The van der Waals surface area contributed by atoms with Crippen LogP contribution >= 0.6 is 0 Å². The molecule has 3 heterocycles. The fraction of sp³-hybridized carbons (Fsp3) is 0. The number of nitrogens with zero attached hydrogens (tertiary/aromatic N) is 4. The Morgan fingerprint density at radius 1 is 0.733 bits per heavy atom. The minimum Gasteiger partial charge on any atom is -0.325 e. The number of hydrogen-bond donors (Lipinski definition) is 3. The summed E-state index contributed by atoms with van der Waals surface area (Å²) in [5.74, 6) is 2.62. The standard InChI is InChI=1S/C22H15N7.Co/c1-2-8-14-13(7-1)19(28-21-23-15-9-3-4-10-16(15)24-21)27-20(14)29-22-25-17-11-5-6-12-18(17)26-22;/h1-12,27H,(H2,23,24,28);/q;+2. The maximum atomic E-state index is 4.66. The summed E-state index contributed by atoms with van der Waals surface area (Å²) in [4.78, 5) is 24.9. The maximum absolute atomic E-state index is 4.66. The van der Waals surface area contributed by atoms with Crippen LogP contribution in [-0.2, 0) is 16.8 Å². The van der Waals surface area contributed by atoms with E-state index in [2.05, 4.69) is 35.2 Å². The molecule has 1 aliphatic rings. The molecule has 0 bridgehead atoms. The topological polar surface area (TPSA) is 93.6 Å². The van der Waals surface area contributed by atoms with Crippen molar-refractivity contribution in [1.82, 2.24) is 15.0 Å². The summed E-state index contributed by atoms with van der Waals surface area (Å²) in [5.41, 5.74) is 1.89. The van der Waals surface area contributed by atoms with Crippen molar-refractivity contribution in [2.45, 2.75) is 0 Å². The molecule has 30 heavy (non-hydrogen) atoms. The van der Waals surface area contributed by atoms with E-state index in [4.69, 9.17) is 0 Å². The molecule has 0 atom stereocenters. The van der Waals surface area contributed by atoms with Gasteiger partial charge in [0.05, 0.1) is 21.7 Å². The van der Waals surface area contributed by atoms with Gasteiger partial charge in [-0.15, -0.1) is 0 Å². The Morgan fingerprint density at radius 2 is 1.40 bits per heavy atom. The van der Waals surface area contributed by atoms with Crippen LogP contribution in [0.3, 0.4) is 0 Å². The molecule has 0 spiro atoms. The van der Waals surface area contributed by atoms with Gasteiger partial charge in [0.25, 0.3) is 5.96 Å². The van der Waals surface area contributed by atoms with E-state index < -0.39 is 0 Å². The average Bonchev–Trinajstić information content (AvgIpc) is 3.43. The zero-order valence-corrected chi connectivity index (χ0v) is 16.6. The van der Waals surface area contributed by atoms with E-state index in [0.29, 0.717) is 17.7 Å². The summed E-state index contributed by atoms with van der Waals surface area (Å²) < 4.78 is 0. The molecule has 0 saturated carbocycles. The van der Waals surface area contributed by atoms with Crippen LogP contribution in [0.2, 0.25) is 0 Å². The molecule has 0 unspecified atom stereocenters. The molecule has 0 amide bonds. The fourth-order valence-electron chi connectivity index (χ4n) is 3.52. The summed E-state index contributed by atoms with van der Waals surface area (Å²) in [5, 5.41) is 7.02. The van der Waals surface area contributed by atoms with Crippen LogP contribution in [0.5, 0.6) is 0 Å². The number of hydrogen-bond acceptors (Lipinski definition) is 3. The normalized spacial score (nSPS) is 12.2. The second-order valence-electron chi connectivity index (χ2n) is 6.75. The van der Waals surface area contributed by atoms with Crippen molar-refractivity contribution in [3.63, 3.8) is 0 Å². The van der Waals surface area contributed by atoms with Crippen molar-refractivity contribution in [2.75, 3.05) is 5.32 Å². The van der Waals surface area contributed by atoms with Gasteiger partial charge in [0.2, 0.25) is 5.95 Å². The molecule has 1 radical (unpaired) electrons. The molecular weight excluding hydrogens is 421 g/mol. The number of nitrogens with one attached hydrogen (secondary N) is 3. The van der Waals surface area contributed by atoms with Crippen LogP contribution in [0.1, 0.15) is 0 Å². The number of benzene rings is 3. The zero-order valence-electron chi connectivity index (χ0n) is 15.6. The Morgan fingerprint density at radius 3 is 2.17 bits per heavy atom. The third-order valence-electron chi connectivity index (χ3n) is 4.86. The number of imidazole rings is 1. The third kappa shape index (κ3) is 3.08. The number of para-hydroxylation sites is 4. The van der Waals surface area contributed by atoms with Crippen molar-refractivity contribution >= 4 is 45.3 Å². The number of fused-ring (bicyclic) bond motifs is 3. The number of guanidine groups is 1. The number of H-pyrrole nitrogens is 2. The molecule has 3 aromatic carbocycles. The molecule has 2 aromatic heterocycles. The SMILES string of the molecule is [Co+2].c1ccc2c(c1)=NC(=Nc1[nH]c(Nc3nc4ccccc4[nH]3)c3ccccc13)N=2. The van der Waals surface area contributed by atoms with Gasteiger partial charge in [0.1, 0.15) is 11.6 Å². The van der Waals surface area contributed by atoms with Crippen LogP contribution in [0.25, 0.3) is 21.8 Å². The van der Waals surface area contributed by atoms with E-state index in [1.165, 1.54) is 0 Å². The van der Waals surface area contributed by atoms with E-state index in [1.807, 2.05) is 72.8 Å². The van der Waals surface area contributed by atoms with Crippen molar-refractivity contribution < 1.29 is 16.8 Å². The van der Waals surface area contributed by atoms with E-state index in [1.54, 1.807) is 0 Å². The Labute approximate surface area is 180 Å². The van der Waals surface area contributed by atoms with Crippen LogP contribution in [0, 0.1) is 0 Å². The largest absolute Gasteiger partial charge is 2.00 e. The van der Waals surface area contributed by atoms with Crippen molar-refractivity contribution in [3.05, 3.63) is 83.5 Å². The number of aromatic amines is 2. The molecule has 145 valence electrons. The van der Waals surface area contributed by atoms with Gasteiger partial charge < -0.3 is 15.3 Å². The van der Waals surface area contributed by atoms with Gasteiger partial charge in [-0.05, 0) is 24.3 Å². The van der Waals surface area contributed by atoms with E-state index in [9.17, 15) is 0 Å². The second-order valence-corrected chi connectivity index (χ2v) is 6.75. The molecule has 6 rings (SSSR count). The Balaban J connectivity index is 0.00000193. The Bertz CT molecular complexity index is 1470. The molecule has 7 nitrogen and oxygen atoms in total. The monoisotopic (exact) mass is 436 g/mol. The Hall–Kier alpha value is -3.75. The fourth-order valence-corrected chi connectivity index (χ4v) is 3.52. The second kappa shape index (κ2) is 7.25. The smallest absolute Gasteiger partial charge is 0.325 e. The average molecular weight is 436 g/mol. The molecule has 0 saturated heterocycles. The predicted octanol–water partition coefficient (Wildman–Crippen LogP) is 3.73. The summed E-state index contributed by atoms with van der Waals surface area (Å²) >= 11 is 0. The first-order chi connectivity index (χ1) is 14.3.